The van der Waals surface area contributed by atoms with Gasteiger partial charge < -0.3 is 5.32 Å². The second kappa shape index (κ2) is 8.49. The highest BCUT2D eigenvalue weighted by molar-refractivity contribution is 5.98. The van der Waals surface area contributed by atoms with Gasteiger partial charge in [0.15, 0.2) is 5.78 Å². The van der Waals surface area contributed by atoms with Crippen LogP contribution in [0, 0.1) is 19.8 Å². The average molecular weight is 364 g/mol. The van der Waals surface area contributed by atoms with Gasteiger partial charge in [0.2, 0.25) is 5.91 Å². The van der Waals surface area contributed by atoms with E-state index in [4.69, 9.17) is 0 Å². The van der Waals surface area contributed by atoms with Gasteiger partial charge >= 0.3 is 0 Å². The topological polar surface area (TPSA) is 49.4 Å². The molecule has 0 radical (unpaired) electrons. The Morgan fingerprint density at radius 2 is 1.67 bits per heavy atom. The SMILES string of the molecule is Cc1ccc(C(=O)C2CCN(C(C)C(=O)Nc3cccc(C)c3)CC2)cc1. The van der Waals surface area contributed by atoms with Crippen LogP contribution < -0.4 is 5.32 Å². The molecule has 3 rings (SSSR count). The summed E-state index contributed by atoms with van der Waals surface area (Å²) < 4.78 is 0. The van der Waals surface area contributed by atoms with E-state index in [2.05, 4.69) is 10.2 Å². The lowest BCUT2D eigenvalue weighted by molar-refractivity contribution is -0.121. The second-order valence-corrected chi connectivity index (χ2v) is 7.58. The van der Waals surface area contributed by atoms with E-state index >= 15 is 0 Å². The maximum Gasteiger partial charge on any atom is 0.241 e. The smallest absolute Gasteiger partial charge is 0.241 e. The van der Waals surface area contributed by atoms with E-state index in [1.165, 1.54) is 0 Å². The van der Waals surface area contributed by atoms with Crippen molar-refractivity contribution in [2.24, 2.45) is 5.92 Å². The Balaban J connectivity index is 1.54. The summed E-state index contributed by atoms with van der Waals surface area (Å²) in [7, 11) is 0. The molecule has 1 saturated heterocycles. The second-order valence-electron chi connectivity index (χ2n) is 7.58. The number of nitrogens with zero attached hydrogens (tertiary/aromatic N) is 1. The molecule has 27 heavy (non-hydrogen) atoms. The van der Waals surface area contributed by atoms with E-state index in [1.54, 1.807) is 0 Å². The third kappa shape index (κ3) is 4.83. The van der Waals surface area contributed by atoms with E-state index in [1.807, 2.05) is 69.3 Å². The lowest BCUT2D eigenvalue weighted by Gasteiger charge is -2.34. The average Bonchev–Trinajstić information content (AvgIpc) is 2.67. The molecule has 1 amide bonds. The molecule has 1 aliphatic rings. The van der Waals surface area contributed by atoms with E-state index in [9.17, 15) is 9.59 Å². The predicted octanol–water partition coefficient (Wildman–Crippen LogP) is 4.23. The minimum Gasteiger partial charge on any atom is -0.325 e. The summed E-state index contributed by atoms with van der Waals surface area (Å²) >= 11 is 0. The fourth-order valence-corrected chi connectivity index (χ4v) is 3.64. The van der Waals surface area contributed by atoms with E-state index in [0.717, 1.165) is 48.3 Å². The summed E-state index contributed by atoms with van der Waals surface area (Å²) in [6, 6.07) is 15.4. The zero-order valence-corrected chi connectivity index (χ0v) is 16.4. The van der Waals surface area contributed by atoms with Crippen molar-refractivity contribution >= 4 is 17.4 Å². The van der Waals surface area contributed by atoms with Gasteiger partial charge in [-0.15, -0.1) is 0 Å². The molecule has 1 atom stereocenters. The number of anilines is 1. The molecule has 4 heteroatoms. The van der Waals surface area contributed by atoms with Gasteiger partial charge in [-0.05, 0) is 64.4 Å². The first-order valence-corrected chi connectivity index (χ1v) is 9.66. The fraction of sp³-hybridized carbons (Fsp3) is 0.391. The highest BCUT2D eigenvalue weighted by Crippen LogP contribution is 2.23. The van der Waals surface area contributed by atoms with Crippen LogP contribution in [0.15, 0.2) is 48.5 Å². The molecular weight excluding hydrogens is 336 g/mol. The largest absolute Gasteiger partial charge is 0.325 e. The molecule has 0 spiro atoms. The number of hydrogen-bond acceptors (Lipinski definition) is 3. The number of amides is 1. The molecule has 4 nitrogen and oxygen atoms in total. The number of rotatable bonds is 5. The molecule has 1 heterocycles. The van der Waals surface area contributed by atoms with Crippen molar-refractivity contribution in [1.29, 1.82) is 0 Å². The molecule has 2 aromatic rings. The molecule has 0 saturated carbocycles. The highest BCUT2D eigenvalue weighted by Gasteiger charge is 2.30. The van der Waals surface area contributed by atoms with Crippen LogP contribution in [-0.2, 0) is 4.79 Å². The Kier molecular flexibility index (Phi) is 6.07. The van der Waals surface area contributed by atoms with E-state index in [-0.39, 0.29) is 23.7 Å². The molecule has 0 aromatic heterocycles. The number of benzene rings is 2. The summed E-state index contributed by atoms with van der Waals surface area (Å²) in [6.45, 7) is 7.51. The van der Waals surface area contributed by atoms with Gasteiger partial charge in [-0.2, -0.15) is 0 Å². The van der Waals surface area contributed by atoms with Gasteiger partial charge in [-0.1, -0.05) is 42.0 Å². The van der Waals surface area contributed by atoms with Crippen molar-refractivity contribution < 1.29 is 9.59 Å². The summed E-state index contributed by atoms with van der Waals surface area (Å²) in [5, 5.41) is 3.00. The predicted molar refractivity (Wildman–Crippen MR) is 109 cm³/mol. The van der Waals surface area contributed by atoms with Crippen LogP contribution in [0.1, 0.15) is 41.3 Å². The van der Waals surface area contributed by atoms with Crippen molar-refractivity contribution in [1.82, 2.24) is 4.90 Å². The summed E-state index contributed by atoms with van der Waals surface area (Å²) in [5.41, 5.74) is 3.91. The minimum absolute atomic E-state index is 0.00362. The third-order valence-electron chi connectivity index (χ3n) is 5.45. The quantitative estimate of drug-likeness (QED) is 0.808. The fourth-order valence-electron chi connectivity index (χ4n) is 3.64. The summed E-state index contributed by atoms with van der Waals surface area (Å²) in [6.07, 6.45) is 1.60. The first kappa shape index (κ1) is 19.3. The molecule has 0 bridgehead atoms. The van der Waals surface area contributed by atoms with Gasteiger partial charge in [0.25, 0.3) is 0 Å². The number of ketones is 1. The lowest BCUT2D eigenvalue weighted by Crippen LogP contribution is -2.47. The molecule has 1 N–H and O–H groups in total. The van der Waals surface area contributed by atoms with E-state index in [0.29, 0.717) is 0 Å². The maximum absolute atomic E-state index is 12.7. The zero-order chi connectivity index (χ0) is 19.4. The monoisotopic (exact) mass is 364 g/mol. The summed E-state index contributed by atoms with van der Waals surface area (Å²) in [4.78, 5) is 27.4. The van der Waals surface area contributed by atoms with Crippen LogP contribution in [0.25, 0.3) is 0 Å². The standard InChI is InChI=1S/C23H28N2O2/c1-16-7-9-19(10-8-16)22(26)20-11-13-25(14-12-20)18(3)23(27)24-21-6-4-5-17(2)15-21/h4-10,15,18,20H,11-14H2,1-3H3,(H,24,27). The number of piperidine rings is 1. The van der Waals surface area contributed by atoms with E-state index < -0.39 is 0 Å². The van der Waals surface area contributed by atoms with Crippen molar-refractivity contribution in [3.05, 3.63) is 65.2 Å². The Morgan fingerprint density at radius 1 is 1.00 bits per heavy atom. The molecular formula is C23H28N2O2. The normalized spacial score (nSPS) is 16.7. The molecule has 1 unspecified atom stereocenters. The molecule has 1 fully saturated rings. The highest BCUT2D eigenvalue weighted by atomic mass is 16.2. The van der Waals surface area contributed by atoms with Crippen molar-refractivity contribution in [2.75, 3.05) is 18.4 Å². The van der Waals surface area contributed by atoms with Crippen LogP contribution >= 0.6 is 0 Å². The molecule has 142 valence electrons. The molecule has 2 aromatic carbocycles. The Bertz CT molecular complexity index is 805. The van der Waals surface area contributed by atoms with Crippen LogP contribution in [0.5, 0.6) is 0 Å². The van der Waals surface area contributed by atoms with Gasteiger partial charge in [-0.3, -0.25) is 14.5 Å². The Labute approximate surface area is 161 Å². The number of aryl methyl sites for hydroxylation is 2. The molecule has 0 aliphatic carbocycles. The van der Waals surface area contributed by atoms with Gasteiger partial charge in [-0.25, -0.2) is 0 Å². The van der Waals surface area contributed by atoms with Crippen molar-refractivity contribution in [3.63, 3.8) is 0 Å². The zero-order valence-electron chi connectivity index (χ0n) is 16.4. The molecule has 1 aliphatic heterocycles. The third-order valence-corrected chi connectivity index (χ3v) is 5.45. The van der Waals surface area contributed by atoms with Crippen molar-refractivity contribution in [3.8, 4) is 0 Å². The van der Waals surface area contributed by atoms with Crippen molar-refractivity contribution in [2.45, 2.75) is 39.7 Å². The Hall–Kier alpha value is -2.46. The number of carbonyl (C=O) groups is 2. The first-order chi connectivity index (χ1) is 12.9. The summed E-state index contributed by atoms with van der Waals surface area (Å²) in [5.74, 6) is 0.284. The lowest BCUT2D eigenvalue weighted by atomic mass is 9.88. The van der Waals surface area contributed by atoms with Gasteiger partial charge in [0.1, 0.15) is 0 Å². The Morgan fingerprint density at radius 3 is 2.30 bits per heavy atom. The number of carbonyl (C=O) groups excluding carboxylic acids is 2. The first-order valence-electron chi connectivity index (χ1n) is 9.66. The maximum atomic E-state index is 12.7. The van der Waals surface area contributed by atoms with Crippen LogP contribution in [0.4, 0.5) is 5.69 Å². The van der Waals surface area contributed by atoms with Gasteiger partial charge in [0.05, 0.1) is 6.04 Å². The van der Waals surface area contributed by atoms with Gasteiger partial charge in [0, 0.05) is 17.2 Å². The number of likely N-dealkylation sites (tertiary alicyclic amines) is 1. The number of nitrogens with one attached hydrogen (secondary N) is 1. The van der Waals surface area contributed by atoms with Crippen LogP contribution in [-0.4, -0.2) is 35.7 Å². The van der Waals surface area contributed by atoms with Crippen LogP contribution in [0.3, 0.4) is 0 Å². The minimum atomic E-state index is -0.207. The van der Waals surface area contributed by atoms with Crippen LogP contribution in [0.2, 0.25) is 0 Å². The number of Topliss-reactive ketones (excluding diaryl/α,β-unsaturated/α-hetero) is 1. The number of hydrogen-bond donors (Lipinski definition) is 1.